The van der Waals surface area contributed by atoms with Gasteiger partial charge in [0.15, 0.2) is 0 Å². The van der Waals surface area contributed by atoms with E-state index in [1.54, 1.807) is 6.07 Å². The SMILES string of the molecule is O=C(OCc1cc(=O)n2nc(C3CCCCC3)sc2n1)c1ccco1. The number of hydrogen-bond donors (Lipinski definition) is 0. The highest BCUT2D eigenvalue weighted by molar-refractivity contribution is 7.16. The van der Waals surface area contributed by atoms with E-state index in [9.17, 15) is 9.59 Å². The molecule has 0 radical (unpaired) electrons. The van der Waals surface area contributed by atoms with Crippen LogP contribution in [-0.4, -0.2) is 20.6 Å². The summed E-state index contributed by atoms with van der Waals surface area (Å²) in [6, 6.07) is 4.48. The molecule has 0 atom stereocenters. The molecule has 3 aromatic rings. The third-order valence-corrected chi connectivity index (χ3v) is 5.41. The predicted molar refractivity (Wildman–Crippen MR) is 90.8 cm³/mol. The Morgan fingerprint density at radius 2 is 2.20 bits per heavy atom. The minimum atomic E-state index is -0.584. The summed E-state index contributed by atoms with van der Waals surface area (Å²) in [6.07, 6.45) is 7.31. The lowest BCUT2D eigenvalue weighted by molar-refractivity contribution is 0.0431. The van der Waals surface area contributed by atoms with Gasteiger partial charge in [0, 0.05) is 12.0 Å². The smallest absolute Gasteiger partial charge is 0.374 e. The number of rotatable bonds is 4. The fourth-order valence-electron chi connectivity index (χ4n) is 3.06. The molecule has 4 rings (SSSR count). The Labute approximate surface area is 147 Å². The molecule has 8 heteroatoms. The van der Waals surface area contributed by atoms with Crippen LogP contribution in [0.1, 0.15) is 59.3 Å². The number of aromatic nitrogens is 3. The molecule has 3 aromatic heterocycles. The molecule has 1 saturated carbocycles. The summed E-state index contributed by atoms with van der Waals surface area (Å²) < 4.78 is 11.5. The maximum absolute atomic E-state index is 12.3. The van der Waals surface area contributed by atoms with Gasteiger partial charge in [-0.25, -0.2) is 9.78 Å². The summed E-state index contributed by atoms with van der Waals surface area (Å²) in [5.74, 6) is -0.0468. The third-order valence-electron chi connectivity index (χ3n) is 4.34. The van der Waals surface area contributed by atoms with Gasteiger partial charge in [-0.1, -0.05) is 30.6 Å². The summed E-state index contributed by atoms with van der Waals surface area (Å²) in [7, 11) is 0. The Morgan fingerprint density at radius 1 is 1.36 bits per heavy atom. The molecule has 0 spiro atoms. The van der Waals surface area contributed by atoms with E-state index in [0.29, 0.717) is 16.6 Å². The van der Waals surface area contributed by atoms with Crippen molar-refractivity contribution in [2.45, 2.75) is 44.6 Å². The van der Waals surface area contributed by atoms with Crippen LogP contribution in [0, 0.1) is 0 Å². The number of fused-ring (bicyclic) bond motifs is 1. The van der Waals surface area contributed by atoms with Crippen molar-refractivity contribution >= 4 is 22.3 Å². The Kier molecular flexibility index (Phi) is 4.35. The Hall–Kier alpha value is -2.48. The van der Waals surface area contributed by atoms with Crippen LogP contribution in [0.15, 0.2) is 33.7 Å². The van der Waals surface area contributed by atoms with E-state index in [2.05, 4.69) is 10.1 Å². The van der Waals surface area contributed by atoms with Crippen LogP contribution in [-0.2, 0) is 11.3 Å². The topological polar surface area (TPSA) is 86.7 Å². The summed E-state index contributed by atoms with van der Waals surface area (Å²) in [5.41, 5.74) is 0.149. The number of nitrogens with zero attached hydrogens (tertiary/aromatic N) is 3. The largest absolute Gasteiger partial charge is 0.457 e. The van der Waals surface area contributed by atoms with Crippen LogP contribution in [0.25, 0.3) is 4.96 Å². The molecular formula is C17H17N3O4S. The van der Waals surface area contributed by atoms with E-state index in [-0.39, 0.29) is 17.9 Å². The van der Waals surface area contributed by atoms with Crippen molar-refractivity contribution in [1.29, 1.82) is 0 Å². The normalized spacial score (nSPS) is 15.5. The lowest BCUT2D eigenvalue weighted by atomic mass is 9.90. The number of hydrogen-bond acceptors (Lipinski definition) is 7. The van der Waals surface area contributed by atoms with Crippen molar-refractivity contribution in [3.8, 4) is 0 Å². The fourth-order valence-corrected chi connectivity index (χ4v) is 4.16. The van der Waals surface area contributed by atoms with Gasteiger partial charge in [0.25, 0.3) is 5.56 Å². The van der Waals surface area contributed by atoms with Gasteiger partial charge in [-0.2, -0.15) is 9.61 Å². The number of furan rings is 1. The quantitative estimate of drug-likeness (QED) is 0.665. The first-order chi connectivity index (χ1) is 12.2. The van der Waals surface area contributed by atoms with Crippen LogP contribution in [0.5, 0.6) is 0 Å². The maximum atomic E-state index is 12.3. The molecule has 130 valence electrons. The predicted octanol–water partition coefficient (Wildman–Crippen LogP) is 3.15. The van der Waals surface area contributed by atoms with Crippen LogP contribution in [0.2, 0.25) is 0 Å². The lowest BCUT2D eigenvalue weighted by Crippen LogP contribution is -2.17. The average molecular weight is 359 g/mol. The fraction of sp³-hybridized carbons (Fsp3) is 0.412. The zero-order valence-electron chi connectivity index (χ0n) is 13.5. The van der Waals surface area contributed by atoms with Crippen LogP contribution in [0.4, 0.5) is 0 Å². The van der Waals surface area contributed by atoms with Crippen LogP contribution >= 0.6 is 11.3 Å². The number of esters is 1. The minimum Gasteiger partial charge on any atom is -0.457 e. The number of carbonyl (C=O) groups excluding carboxylic acids is 1. The van der Waals surface area contributed by atoms with E-state index < -0.39 is 5.97 Å². The molecule has 0 amide bonds. The number of ether oxygens (including phenoxy) is 1. The van der Waals surface area contributed by atoms with Crippen molar-refractivity contribution in [3.63, 3.8) is 0 Å². The summed E-state index contributed by atoms with van der Waals surface area (Å²) in [4.78, 5) is 29.0. The molecule has 0 saturated heterocycles. The van der Waals surface area contributed by atoms with Gasteiger partial charge in [-0.3, -0.25) is 4.79 Å². The summed E-state index contributed by atoms with van der Waals surface area (Å²) in [6.45, 7) is -0.0814. The van der Waals surface area contributed by atoms with E-state index in [4.69, 9.17) is 9.15 Å². The monoisotopic (exact) mass is 359 g/mol. The molecule has 0 unspecified atom stereocenters. The van der Waals surface area contributed by atoms with Gasteiger partial charge in [-0.05, 0) is 25.0 Å². The molecule has 1 aliphatic rings. The van der Waals surface area contributed by atoms with Gasteiger partial charge in [0.1, 0.15) is 11.6 Å². The highest BCUT2D eigenvalue weighted by Crippen LogP contribution is 2.34. The lowest BCUT2D eigenvalue weighted by Gasteiger charge is -2.18. The van der Waals surface area contributed by atoms with Crippen molar-refractivity contribution in [2.24, 2.45) is 0 Å². The molecular weight excluding hydrogens is 342 g/mol. The Bertz CT molecular complexity index is 939. The zero-order valence-corrected chi connectivity index (χ0v) is 14.3. The van der Waals surface area contributed by atoms with E-state index in [0.717, 1.165) is 17.8 Å². The third kappa shape index (κ3) is 3.34. The first kappa shape index (κ1) is 16.0. The van der Waals surface area contributed by atoms with E-state index >= 15 is 0 Å². The second-order valence-electron chi connectivity index (χ2n) is 6.11. The van der Waals surface area contributed by atoms with Crippen molar-refractivity contribution in [3.05, 3.63) is 51.3 Å². The maximum Gasteiger partial charge on any atom is 0.374 e. The van der Waals surface area contributed by atoms with Crippen molar-refractivity contribution in [1.82, 2.24) is 14.6 Å². The van der Waals surface area contributed by atoms with Gasteiger partial charge < -0.3 is 9.15 Å². The molecule has 0 aromatic carbocycles. The molecule has 0 N–H and O–H groups in total. The van der Waals surface area contributed by atoms with Crippen molar-refractivity contribution < 1.29 is 13.9 Å². The molecule has 1 aliphatic carbocycles. The first-order valence-electron chi connectivity index (χ1n) is 8.31. The second-order valence-corrected chi connectivity index (χ2v) is 7.10. The highest BCUT2D eigenvalue weighted by Gasteiger charge is 2.21. The highest BCUT2D eigenvalue weighted by atomic mass is 32.1. The van der Waals surface area contributed by atoms with Gasteiger partial charge in [-0.15, -0.1) is 0 Å². The van der Waals surface area contributed by atoms with Gasteiger partial charge in [0.05, 0.1) is 12.0 Å². The minimum absolute atomic E-state index is 0.0814. The van der Waals surface area contributed by atoms with Crippen molar-refractivity contribution in [2.75, 3.05) is 0 Å². The first-order valence-corrected chi connectivity index (χ1v) is 9.13. The average Bonchev–Trinajstić information content (AvgIpc) is 3.30. The Morgan fingerprint density at radius 3 is 2.96 bits per heavy atom. The standard InChI is InChI=1S/C17H17N3O4S/c21-14-9-12(10-24-16(22)13-7-4-8-23-13)18-17-20(14)19-15(25-17)11-5-2-1-3-6-11/h4,7-9,11H,1-3,5-6,10H2. The van der Waals surface area contributed by atoms with Gasteiger partial charge in [0.2, 0.25) is 10.7 Å². The molecule has 0 aliphatic heterocycles. The molecule has 7 nitrogen and oxygen atoms in total. The molecule has 0 bridgehead atoms. The summed E-state index contributed by atoms with van der Waals surface area (Å²) in [5, 5.41) is 5.42. The molecule has 3 heterocycles. The summed E-state index contributed by atoms with van der Waals surface area (Å²) >= 11 is 1.45. The van der Waals surface area contributed by atoms with Crippen LogP contribution < -0.4 is 5.56 Å². The second kappa shape index (κ2) is 6.79. The number of carbonyl (C=O) groups is 1. The van der Waals surface area contributed by atoms with E-state index in [1.165, 1.54) is 53.5 Å². The van der Waals surface area contributed by atoms with Crippen LogP contribution in [0.3, 0.4) is 0 Å². The molecule has 25 heavy (non-hydrogen) atoms. The molecule has 1 fully saturated rings. The zero-order chi connectivity index (χ0) is 17.2. The van der Waals surface area contributed by atoms with E-state index in [1.807, 2.05) is 0 Å². The van der Waals surface area contributed by atoms with Gasteiger partial charge >= 0.3 is 5.97 Å². The Balaban J connectivity index is 1.54.